The Kier molecular flexibility index (Phi) is 2.40. The standard InChI is InChI=1S/C11H14S/c1-9-5-2-3-6-10(9)11-7-4-8-12-11/h2-3,5-6,11H,4,7-8H2,1H3. The molecule has 1 aromatic rings. The largest absolute Gasteiger partial charge is 0.154 e. The van der Waals surface area contributed by atoms with Gasteiger partial charge in [-0.3, -0.25) is 0 Å². The van der Waals surface area contributed by atoms with E-state index in [2.05, 4.69) is 43.0 Å². The van der Waals surface area contributed by atoms with E-state index in [1.807, 2.05) is 0 Å². The fraction of sp³-hybridized carbons (Fsp3) is 0.455. The van der Waals surface area contributed by atoms with E-state index in [1.165, 1.54) is 24.2 Å². The lowest BCUT2D eigenvalue weighted by Gasteiger charge is -2.11. The van der Waals surface area contributed by atoms with E-state index in [0.29, 0.717) is 0 Å². The van der Waals surface area contributed by atoms with Crippen LogP contribution in [-0.4, -0.2) is 5.75 Å². The van der Waals surface area contributed by atoms with Crippen molar-refractivity contribution < 1.29 is 0 Å². The Morgan fingerprint density at radius 3 is 2.83 bits per heavy atom. The van der Waals surface area contributed by atoms with Gasteiger partial charge in [-0.15, -0.1) is 0 Å². The van der Waals surface area contributed by atoms with Crippen LogP contribution >= 0.6 is 11.8 Å². The second-order valence-electron chi connectivity index (χ2n) is 3.36. The molecule has 0 aliphatic carbocycles. The van der Waals surface area contributed by atoms with Crippen molar-refractivity contribution in [3.63, 3.8) is 0 Å². The molecule has 0 nitrogen and oxygen atoms in total. The van der Waals surface area contributed by atoms with Crippen molar-refractivity contribution in [1.82, 2.24) is 0 Å². The summed E-state index contributed by atoms with van der Waals surface area (Å²) in [4.78, 5) is 0. The average molecular weight is 178 g/mol. The molecule has 0 radical (unpaired) electrons. The van der Waals surface area contributed by atoms with Gasteiger partial charge in [0.2, 0.25) is 0 Å². The number of hydrogen-bond donors (Lipinski definition) is 0. The van der Waals surface area contributed by atoms with Gasteiger partial charge in [0, 0.05) is 5.25 Å². The van der Waals surface area contributed by atoms with E-state index >= 15 is 0 Å². The molecule has 1 aliphatic rings. The third-order valence-electron chi connectivity index (χ3n) is 2.47. The Bertz CT molecular complexity index is 261. The van der Waals surface area contributed by atoms with Gasteiger partial charge >= 0.3 is 0 Å². The number of benzene rings is 1. The molecule has 0 saturated carbocycles. The van der Waals surface area contributed by atoms with Crippen LogP contribution in [0.1, 0.15) is 29.2 Å². The lowest BCUT2D eigenvalue weighted by molar-refractivity contribution is 0.824. The van der Waals surface area contributed by atoms with Crippen LogP contribution < -0.4 is 0 Å². The molecule has 0 bridgehead atoms. The van der Waals surface area contributed by atoms with Crippen LogP contribution in [0.3, 0.4) is 0 Å². The highest BCUT2D eigenvalue weighted by Gasteiger charge is 2.18. The maximum absolute atomic E-state index is 2.28. The predicted molar refractivity (Wildman–Crippen MR) is 55.6 cm³/mol. The first kappa shape index (κ1) is 8.18. The zero-order chi connectivity index (χ0) is 8.39. The van der Waals surface area contributed by atoms with E-state index in [9.17, 15) is 0 Å². The lowest BCUT2D eigenvalue weighted by Crippen LogP contribution is -1.91. The van der Waals surface area contributed by atoms with Crippen molar-refractivity contribution in [3.05, 3.63) is 35.4 Å². The quantitative estimate of drug-likeness (QED) is 0.633. The van der Waals surface area contributed by atoms with Gasteiger partial charge in [0.05, 0.1) is 0 Å². The molecule has 1 heterocycles. The first-order chi connectivity index (χ1) is 5.88. The molecule has 64 valence electrons. The Hall–Kier alpha value is -0.430. The van der Waals surface area contributed by atoms with Crippen molar-refractivity contribution in [2.45, 2.75) is 25.0 Å². The Balaban J connectivity index is 2.26. The minimum atomic E-state index is 0.784. The number of rotatable bonds is 1. The second-order valence-corrected chi connectivity index (χ2v) is 4.67. The molecular formula is C11H14S. The highest BCUT2D eigenvalue weighted by atomic mass is 32.2. The first-order valence-electron chi connectivity index (χ1n) is 4.55. The van der Waals surface area contributed by atoms with E-state index in [4.69, 9.17) is 0 Å². The maximum Gasteiger partial charge on any atom is 0.0300 e. The SMILES string of the molecule is Cc1ccccc1C1CCCS1. The van der Waals surface area contributed by atoms with Gasteiger partial charge in [0.15, 0.2) is 0 Å². The molecule has 0 amide bonds. The van der Waals surface area contributed by atoms with Gasteiger partial charge < -0.3 is 0 Å². The fourth-order valence-corrected chi connectivity index (χ4v) is 3.17. The van der Waals surface area contributed by atoms with Gasteiger partial charge in [-0.1, -0.05) is 24.3 Å². The number of hydrogen-bond acceptors (Lipinski definition) is 1. The second kappa shape index (κ2) is 3.53. The van der Waals surface area contributed by atoms with Crippen LogP contribution in [0.2, 0.25) is 0 Å². The molecule has 1 fully saturated rings. The Labute approximate surface area is 78.4 Å². The summed E-state index contributed by atoms with van der Waals surface area (Å²) < 4.78 is 0. The van der Waals surface area contributed by atoms with Crippen LogP contribution in [-0.2, 0) is 0 Å². The van der Waals surface area contributed by atoms with Crippen molar-refractivity contribution in [2.24, 2.45) is 0 Å². The smallest absolute Gasteiger partial charge is 0.0300 e. The molecule has 1 unspecified atom stereocenters. The van der Waals surface area contributed by atoms with E-state index in [1.54, 1.807) is 5.56 Å². The Morgan fingerprint density at radius 1 is 1.33 bits per heavy atom. The molecule has 1 atom stereocenters. The summed E-state index contributed by atoms with van der Waals surface area (Å²) in [5.41, 5.74) is 3.01. The predicted octanol–water partition coefficient (Wildman–Crippen LogP) is 3.56. The molecule has 0 N–H and O–H groups in total. The van der Waals surface area contributed by atoms with Gasteiger partial charge in [-0.2, -0.15) is 11.8 Å². The van der Waals surface area contributed by atoms with Crippen molar-refractivity contribution in [2.75, 3.05) is 5.75 Å². The number of aryl methyl sites for hydroxylation is 1. The van der Waals surface area contributed by atoms with Gasteiger partial charge in [0.1, 0.15) is 0 Å². The average Bonchev–Trinajstić information content (AvgIpc) is 2.57. The normalized spacial score (nSPS) is 22.9. The molecule has 1 saturated heterocycles. The first-order valence-corrected chi connectivity index (χ1v) is 5.60. The lowest BCUT2D eigenvalue weighted by atomic mass is 10.0. The fourth-order valence-electron chi connectivity index (χ4n) is 1.77. The summed E-state index contributed by atoms with van der Waals surface area (Å²) >= 11 is 2.11. The highest BCUT2D eigenvalue weighted by molar-refractivity contribution is 7.99. The van der Waals surface area contributed by atoms with E-state index in [0.717, 1.165) is 5.25 Å². The molecule has 2 rings (SSSR count). The highest BCUT2D eigenvalue weighted by Crippen LogP contribution is 2.40. The van der Waals surface area contributed by atoms with Crippen LogP contribution in [0.15, 0.2) is 24.3 Å². The van der Waals surface area contributed by atoms with Gasteiger partial charge in [-0.05, 0) is 36.6 Å². The molecule has 12 heavy (non-hydrogen) atoms. The minimum absolute atomic E-state index is 0.784. The van der Waals surface area contributed by atoms with E-state index in [-0.39, 0.29) is 0 Å². The zero-order valence-corrected chi connectivity index (χ0v) is 8.23. The third kappa shape index (κ3) is 1.51. The topological polar surface area (TPSA) is 0 Å². The molecular weight excluding hydrogens is 164 g/mol. The molecule has 0 spiro atoms. The third-order valence-corrected chi connectivity index (χ3v) is 3.88. The number of thioether (sulfide) groups is 1. The zero-order valence-electron chi connectivity index (χ0n) is 7.42. The van der Waals surface area contributed by atoms with Crippen LogP contribution in [0.5, 0.6) is 0 Å². The molecule has 1 heteroatoms. The molecule has 1 aliphatic heterocycles. The van der Waals surface area contributed by atoms with Crippen LogP contribution in [0, 0.1) is 6.92 Å². The summed E-state index contributed by atoms with van der Waals surface area (Å²) in [5.74, 6) is 1.35. The molecule has 0 aromatic heterocycles. The van der Waals surface area contributed by atoms with Crippen LogP contribution in [0.25, 0.3) is 0 Å². The monoisotopic (exact) mass is 178 g/mol. The summed E-state index contributed by atoms with van der Waals surface area (Å²) in [6.07, 6.45) is 2.76. The van der Waals surface area contributed by atoms with Crippen molar-refractivity contribution in [1.29, 1.82) is 0 Å². The van der Waals surface area contributed by atoms with E-state index < -0.39 is 0 Å². The summed E-state index contributed by atoms with van der Waals surface area (Å²) in [5, 5.41) is 0.784. The maximum atomic E-state index is 2.28. The Morgan fingerprint density at radius 2 is 2.17 bits per heavy atom. The molecule has 1 aromatic carbocycles. The van der Waals surface area contributed by atoms with Crippen molar-refractivity contribution >= 4 is 11.8 Å². The van der Waals surface area contributed by atoms with Gasteiger partial charge in [0.25, 0.3) is 0 Å². The van der Waals surface area contributed by atoms with Gasteiger partial charge in [-0.25, -0.2) is 0 Å². The summed E-state index contributed by atoms with van der Waals surface area (Å²) in [6, 6.07) is 8.77. The summed E-state index contributed by atoms with van der Waals surface area (Å²) in [6.45, 7) is 2.22. The summed E-state index contributed by atoms with van der Waals surface area (Å²) in [7, 11) is 0. The van der Waals surface area contributed by atoms with Crippen molar-refractivity contribution in [3.8, 4) is 0 Å². The van der Waals surface area contributed by atoms with Crippen LogP contribution in [0.4, 0.5) is 0 Å². The minimum Gasteiger partial charge on any atom is -0.154 e.